The minimum Gasteiger partial charge on any atom is -0.441 e. The van der Waals surface area contributed by atoms with Gasteiger partial charge in [-0.1, -0.05) is 12.5 Å². The highest BCUT2D eigenvalue weighted by atomic mass is 16.6. The van der Waals surface area contributed by atoms with Gasteiger partial charge >= 0.3 is 6.09 Å². The smallest absolute Gasteiger partial charge is 0.416 e. The largest absolute Gasteiger partial charge is 0.441 e. The fourth-order valence-corrected chi connectivity index (χ4v) is 2.77. The number of amides is 1. The van der Waals surface area contributed by atoms with Crippen molar-refractivity contribution in [2.45, 2.75) is 37.7 Å². The maximum Gasteiger partial charge on any atom is 0.416 e. The number of carbonyl (C=O) groups excluding carboxylic acids is 2. The van der Waals surface area contributed by atoms with Crippen LogP contribution in [0, 0.1) is 0 Å². The van der Waals surface area contributed by atoms with Gasteiger partial charge in [0.25, 0.3) is 0 Å². The standard InChI is InChI=1S/C13H16N2O2.CH2O/c16-12-15(11-6-2-5-9-14-11)10-13(17-12)7-3-1-4-8-13;1-2/h2,5-6,9H,1,3-4,7-8,10H2;1H2. The van der Waals surface area contributed by atoms with E-state index in [9.17, 15) is 4.79 Å². The van der Waals surface area contributed by atoms with Gasteiger partial charge < -0.3 is 9.53 Å². The molecule has 0 atom stereocenters. The van der Waals surface area contributed by atoms with E-state index in [1.807, 2.05) is 25.0 Å². The van der Waals surface area contributed by atoms with E-state index in [-0.39, 0.29) is 11.7 Å². The first-order valence-corrected chi connectivity index (χ1v) is 6.50. The molecule has 1 saturated carbocycles. The molecule has 2 fully saturated rings. The van der Waals surface area contributed by atoms with Gasteiger partial charge in [0, 0.05) is 6.20 Å². The maximum absolute atomic E-state index is 11.9. The van der Waals surface area contributed by atoms with Crippen LogP contribution in [0.25, 0.3) is 0 Å². The lowest BCUT2D eigenvalue weighted by molar-refractivity contribution is -0.0980. The normalized spacial score (nSPS) is 20.6. The second kappa shape index (κ2) is 5.82. The van der Waals surface area contributed by atoms with Gasteiger partial charge in [0.1, 0.15) is 18.2 Å². The maximum atomic E-state index is 11.9. The zero-order chi connectivity index (χ0) is 13.7. The summed E-state index contributed by atoms with van der Waals surface area (Å²) < 4.78 is 5.60. The molecule has 2 aliphatic rings. The van der Waals surface area contributed by atoms with Crippen LogP contribution in [0.3, 0.4) is 0 Å². The van der Waals surface area contributed by atoms with Gasteiger partial charge in [-0.15, -0.1) is 0 Å². The van der Waals surface area contributed by atoms with E-state index in [1.54, 1.807) is 11.1 Å². The molecule has 102 valence electrons. The van der Waals surface area contributed by atoms with Crippen molar-refractivity contribution in [1.29, 1.82) is 0 Å². The molecule has 1 aromatic heterocycles. The fourth-order valence-electron chi connectivity index (χ4n) is 2.77. The van der Waals surface area contributed by atoms with Gasteiger partial charge in [0.2, 0.25) is 0 Å². The number of carbonyl (C=O) groups is 2. The first-order valence-electron chi connectivity index (χ1n) is 6.50. The van der Waals surface area contributed by atoms with Gasteiger partial charge in [0.05, 0.1) is 6.54 Å². The van der Waals surface area contributed by atoms with Crippen molar-refractivity contribution in [3.05, 3.63) is 24.4 Å². The predicted octanol–water partition coefficient (Wildman–Crippen LogP) is 2.56. The van der Waals surface area contributed by atoms with Gasteiger partial charge in [-0.2, -0.15) is 0 Å². The molecule has 1 aliphatic heterocycles. The van der Waals surface area contributed by atoms with Crippen LogP contribution in [0.2, 0.25) is 0 Å². The highest BCUT2D eigenvalue weighted by Crippen LogP contribution is 2.38. The first kappa shape index (κ1) is 13.5. The molecule has 0 unspecified atom stereocenters. The monoisotopic (exact) mass is 262 g/mol. The number of nitrogens with zero attached hydrogens (tertiary/aromatic N) is 2. The Balaban J connectivity index is 0.000000637. The first-order chi connectivity index (χ1) is 9.29. The second-order valence-electron chi connectivity index (χ2n) is 4.89. The molecule has 2 heterocycles. The molecule has 1 aliphatic carbocycles. The summed E-state index contributed by atoms with van der Waals surface area (Å²) in [7, 11) is 0. The highest BCUT2D eigenvalue weighted by Gasteiger charge is 2.46. The molecule has 3 rings (SSSR count). The molecule has 0 radical (unpaired) electrons. The minimum atomic E-state index is -0.245. The quantitative estimate of drug-likeness (QED) is 0.780. The van der Waals surface area contributed by atoms with Crippen LogP contribution in [0.1, 0.15) is 32.1 Å². The molecule has 0 bridgehead atoms. The summed E-state index contributed by atoms with van der Waals surface area (Å²) >= 11 is 0. The number of rotatable bonds is 1. The lowest BCUT2D eigenvalue weighted by Crippen LogP contribution is -2.36. The number of pyridine rings is 1. The third-order valence-electron chi connectivity index (χ3n) is 3.66. The van der Waals surface area contributed by atoms with E-state index in [4.69, 9.17) is 9.53 Å². The molecule has 1 spiro atoms. The summed E-state index contributed by atoms with van der Waals surface area (Å²) in [6.45, 7) is 2.66. The zero-order valence-electron chi connectivity index (χ0n) is 10.9. The summed E-state index contributed by atoms with van der Waals surface area (Å²) in [5.41, 5.74) is -0.243. The number of ether oxygens (including phenoxy) is 1. The third-order valence-corrected chi connectivity index (χ3v) is 3.66. The lowest BCUT2D eigenvalue weighted by atomic mass is 9.85. The summed E-state index contributed by atoms with van der Waals surface area (Å²) in [4.78, 5) is 25.8. The Kier molecular flexibility index (Phi) is 4.14. The summed E-state index contributed by atoms with van der Waals surface area (Å²) in [6.07, 6.45) is 7.00. The number of hydrogen-bond donors (Lipinski definition) is 0. The molecule has 1 saturated heterocycles. The predicted molar refractivity (Wildman–Crippen MR) is 71.0 cm³/mol. The average Bonchev–Trinajstić information content (AvgIpc) is 2.79. The summed E-state index contributed by atoms with van der Waals surface area (Å²) in [5.74, 6) is 0.694. The van der Waals surface area contributed by atoms with Crippen LogP contribution >= 0.6 is 0 Å². The van der Waals surface area contributed by atoms with Crippen LogP contribution in [0.4, 0.5) is 10.6 Å². The van der Waals surface area contributed by atoms with Crippen molar-refractivity contribution in [1.82, 2.24) is 4.98 Å². The fraction of sp³-hybridized carbons (Fsp3) is 0.500. The summed E-state index contributed by atoms with van der Waals surface area (Å²) in [5, 5.41) is 0. The van der Waals surface area contributed by atoms with E-state index < -0.39 is 0 Å². The number of anilines is 1. The van der Waals surface area contributed by atoms with Gasteiger partial charge in [0.15, 0.2) is 0 Å². The second-order valence-corrected chi connectivity index (χ2v) is 4.89. The Morgan fingerprint density at radius 2 is 1.95 bits per heavy atom. The Hall–Kier alpha value is -1.91. The van der Waals surface area contributed by atoms with Gasteiger partial charge in [-0.25, -0.2) is 9.78 Å². The van der Waals surface area contributed by atoms with E-state index >= 15 is 0 Å². The van der Waals surface area contributed by atoms with Crippen LogP contribution in [0.5, 0.6) is 0 Å². The molecule has 1 aromatic rings. The topological polar surface area (TPSA) is 59.5 Å². The Labute approximate surface area is 112 Å². The van der Waals surface area contributed by atoms with Gasteiger partial charge in [-0.3, -0.25) is 4.90 Å². The number of hydrogen-bond acceptors (Lipinski definition) is 4. The van der Waals surface area contributed by atoms with Crippen molar-refractivity contribution in [3.8, 4) is 0 Å². The molecule has 0 N–H and O–H groups in total. The molecule has 5 nitrogen and oxygen atoms in total. The van der Waals surface area contributed by atoms with Crippen molar-refractivity contribution in [3.63, 3.8) is 0 Å². The highest BCUT2D eigenvalue weighted by molar-refractivity contribution is 5.89. The minimum absolute atomic E-state index is 0.243. The Bertz CT molecular complexity index is 430. The van der Waals surface area contributed by atoms with Gasteiger partial charge in [-0.05, 0) is 37.8 Å². The van der Waals surface area contributed by atoms with E-state index in [1.165, 1.54) is 6.42 Å². The van der Waals surface area contributed by atoms with Crippen molar-refractivity contribution >= 4 is 18.7 Å². The van der Waals surface area contributed by atoms with E-state index in [2.05, 4.69) is 4.98 Å². The molecular formula is C14H18N2O3. The lowest BCUT2D eigenvalue weighted by Gasteiger charge is -2.30. The third kappa shape index (κ3) is 2.75. The van der Waals surface area contributed by atoms with Crippen LogP contribution in [-0.4, -0.2) is 30.0 Å². The summed E-state index contributed by atoms with van der Waals surface area (Å²) in [6, 6.07) is 5.59. The van der Waals surface area contributed by atoms with Crippen molar-refractivity contribution in [2.75, 3.05) is 11.4 Å². The van der Waals surface area contributed by atoms with Crippen LogP contribution in [-0.2, 0) is 9.53 Å². The van der Waals surface area contributed by atoms with Crippen LogP contribution < -0.4 is 4.90 Å². The molecule has 5 heteroatoms. The van der Waals surface area contributed by atoms with Crippen molar-refractivity contribution < 1.29 is 14.3 Å². The number of aromatic nitrogens is 1. The van der Waals surface area contributed by atoms with Crippen LogP contribution in [0.15, 0.2) is 24.4 Å². The molecule has 19 heavy (non-hydrogen) atoms. The molecule has 1 amide bonds. The SMILES string of the molecule is C=O.O=C1OC2(CCCCC2)CN1c1ccccn1. The van der Waals surface area contributed by atoms with E-state index in [0.29, 0.717) is 12.4 Å². The average molecular weight is 262 g/mol. The Morgan fingerprint density at radius 1 is 1.21 bits per heavy atom. The molecule has 0 aromatic carbocycles. The Morgan fingerprint density at radius 3 is 2.58 bits per heavy atom. The van der Waals surface area contributed by atoms with Crippen molar-refractivity contribution in [2.24, 2.45) is 0 Å². The zero-order valence-corrected chi connectivity index (χ0v) is 10.9. The van der Waals surface area contributed by atoms with E-state index in [0.717, 1.165) is 25.7 Å². The molecular weight excluding hydrogens is 244 g/mol.